The normalized spacial score (nSPS) is 18.5. The lowest BCUT2D eigenvalue weighted by Gasteiger charge is -2.32. The number of aryl methyl sites for hydroxylation is 2. The van der Waals surface area contributed by atoms with Gasteiger partial charge in [0, 0.05) is 51.0 Å². The van der Waals surface area contributed by atoms with Gasteiger partial charge in [-0.05, 0) is 32.4 Å². The minimum Gasteiger partial charge on any atom is -0.352 e. The summed E-state index contributed by atoms with van der Waals surface area (Å²) in [7, 11) is 0. The first kappa shape index (κ1) is 25.2. The van der Waals surface area contributed by atoms with E-state index in [1.54, 1.807) is 11.3 Å². The minimum absolute atomic E-state index is 0.0627. The number of amides is 2. The number of aromatic nitrogens is 2. The minimum atomic E-state index is -2.81. The molecule has 0 unspecified atom stereocenters. The zero-order chi connectivity index (χ0) is 25.3. The van der Waals surface area contributed by atoms with Gasteiger partial charge in [0.25, 0.3) is 5.92 Å². The van der Waals surface area contributed by atoms with Crippen molar-refractivity contribution in [1.29, 1.82) is 0 Å². The number of rotatable bonds is 6. The van der Waals surface area contributed by atoms with Crippen LogP contribution >= 0.6 is 22.7 Å². The van der Waals surface area contributed by atoms with E-state index in [0.29, 0.717) is 30.9 Å². The van der Waals surface area contributed by atoms with E-state index in [1.165, 1.54) is 16.2 Å². The van der Waals surface area contributed by atoms with Crippen LogP contribution in [-0.2, 0) is 16.0 Å². The summed E-state index contributed by atoms with van der Waals surface area (Å²) in [6, 6.07) is 2.05. The first-order valence-corrected chi connectivity index (χ1v) is 14.0. The second kappa shape index (κ2) is 10.5. The van der Waals surface area contributed by atoms with Crippen molar-refractivity contribution < 1.29 is 18.4 Å². The summed E-state index contributed by atoms with van der Waals surface area (Å²) >= 11 is 3.03. The fourth-order valence-corrected chi connectivity index (χ4v) is 6.87. The van der Waals surface area contributed by atoms with Crippen molar-refractivity contribution >= 4 is 60.1 Å². The topological polar surface area (TPSA) is 90.5 Å². The van der Waals surface area contributed by atoms with Crippen LogP contribution in [-0.4, -0.2) is 83.3 Å². The fourth-order valence-electron chi connectivity index (χ4n) is 4.77. The van der Waals surface area contributed by atoms with E-state index in [0.717, 1.165) is 63.6 Å². The highest BCUT2D eigenvalue weighted by atomic mass is 32.1. The molecule has 2 fully saturated rings. The average Bonchev–Trinajstić information content (AvgIpc) is 3.34. The number of piperidine rings is 1. The number of carbonyl (C=O) groups is 2. The lowest BCUT2D eigenvalue weighted by molar-refractivity contribution is -0.139. The quantitative estimate of drug-likeness (QED) is 0.500. The van der Waals surface area contributed by atoms with E-state index in [4.69, 9.17) is 4.98 Å². The molecule has 194 valence electrons. The Morgan fingerprint density at radius 3 is 2.67 bits per heavy atom. The zero-order valence-electron chi connectivity index (χ0n) is 20.2. The van der Waals surface area contributed by atoms with E-state index in [9.17, 15) is 18.4 Å². The Kier molecular flexibility index (Phi) is 7.36. The highest BCUT2D eigenvalue weighted by Crippen LogP contribution is 2.36. The monoisotopic (exact) mass is 536 g/mol. The highest BCUT2D eigenvalue weighted by molar-refractivity contribution is 7.23. The summed E-state index contributed by atoms with van der Waals surface area (Å²) < 4.78 is 29.3. The lowest BCUT2D eigenvalue weighted by atomic mass is 10.1. The molecule has 1 aromatic carbocycles. The third-order valence-electron chi connectivity index (χ3n) is 6.71. The summed E-state index contributed by atoms with van der Waals surface area (Å²) in [6.45, 7) is 5.12. The molecule has 0 atom stereocenters. The molecule has 5 rings (SSSR count). The van der Waals surface area contributed by atoms with E-state index < -0.39 is 12.5 Å². The molecule has 2 N–H and O–H groups in total. The van der Waals surface area contributed by atoms with Crippen LogP contribution < -0.4 is 10.6 Å². The summed E-state index contributed by atoms with van der Waals surface area (Å²) in [5.41, 5.74) is 2.66. The number of benzene rings is 1. The number of hydrogen-bond donors (Lipinski definition) is 2. The van der Waals surface area contributed by atoms with Crippen LogP contribution in [0.4, 0.5) is 13.9 Å². The number of alkyl halides is 2. The van der Waals surface area contributed by atoms with Crippen molar-refractivity contribution in [2.75, 3.05) is 51.1 Å². The van der Waals surface area contributed by atoms with Gasteiger partial charge in [0.15, 0.2) is 5.13 Å². The summed E-state index contributed by atoms with van der Waals surface area (Å²) in [4.78, 5) is 37.7. The van der Waals surface area contributed by atoms with Crippen molar-refractivity contribution in [3.8, 4) is 0 Å². The first-order valence-electron chi connectivity index (χ1n) is 12.4. The van der Waals surface area contributed by atoms with E-state index in [2.05, 4.69) is 21.7 Å². The van der Waals surface area contributed by atoms with Crippen molar-refractivity contribution in [3.05, 3.63) is 16.6 Å². The standard InChI is InChI=1S/C24H30F2N6O2S2/c1-15-21-16(35-18(29-21)4-5-19(33)31-10-3-7-27-8-11-31)12-17-22(15)30-23(36-17)28-13-20(34)32-9-2-6-24(25,26)14-32/h12,27H,2-11,13-14H2,1H3,(H,28,30). The summed E-state index contributed by atoms with van der Waals surface area (Å²) in [6.07, 6.45) is 2.20. The average molecular weight is 537 g/mol. The Morgan fingerprint density at radius 1 is 1.06 bits per heavy atom. The number of nitrogens with one attached hydrogen (secondary N) is 2. The predicted octanol–water partition coefficient (Wildman–Crippen LogP) is 3.64. The second-order valence-electron chi connectivity index (χ2n) is 9.43. The largest absolute Gasteiger partial charge is 0.352 e. The van der Waals surface area contributed by atoms with Crippen LogP contribution in [0.25, 0.3) is 20.4 Å². The Hall–Kier alpha value is -2.44. The molecule has 2 aliphatic rings. The van der Waals surface area contributed by atoms with Gasteiger partial charge in [0.1, 0.15) is 0 Å². The summed E-state index contributed by atoms with van der Waals surface area (Å²) in [5, 5.41) is 7.86. The lowest BCUT2D eigenvalue weighted by Crippen LogP contribution is -2.47. The maximum absolute atomic E-state index is 13.6. The molecule has 3 aromatic rings. The smallest absolute Gasteiger partial charge is 0.265 e. The molecule has 2 saturated heterocycles. The Bertz CT molecular complexity index is 1270. The molecule has 0 radical (unpaired) electrons. The molecule has 2 amide bonds. The van der Waals surface area contributed by atoms with Gasteiger partial charge in [-0.3, -0.25) is 9.59 Å². The maximum atomic E-state index is 13.6. The molecule has 36 heavy (non-hydrogen) atoms. The van der Waals surface area contributed by atoms with Crippen LogP contribution in [0.1, 0.15) is 36.3 Å². The SMILES string of the molecule is Cc1c2nc(CCC(=O)N3CCCNCC3)sc2cc2sc(NCC(=O)N3CCCC(F)(F)C3)nc12. The molecule has 2 aliphatic heterocycles. The number of likely N-dealkylation sites (tertiary alicyclic amines) is 1. The highest BCUT2D eigenvalue weighted by Gasteiger charge is 2.36. The Balaban J connectivity index is 1.23. The molecule has 0 spiro atoms. The molecule has 0 bridgehead atoms. The second-order valence-corrected chi connectivity index (χ2v) is 11.6. The maximum Gasteiger partial charge on any atom is 0.265 e. The number of anilines is 1. The van der Waals surface area contributed by atoms with Gasteiger partial charge in [-0.2, -0.15) is 0 Å². The molecule has 12 heteroatoms. The number of halogens is 2. The molecule has 0 saturated carbocycles. The number of fused-ring (bicyclic) bond motifs is 2. The van der Waals surface area contributed by atoms with Gasteiger partial charge in [0.05, 0.1) is 38.5 Å². The van der Waals surface area contributed by atoms with Gasteiger partial charge >= 0.3 is 0 Å². The van der Waals surface area contributed by atoms with Crippen LogP contribution in [0.2, 0.25) is 0 Å². The third kappa shape index (κ3) is 5.60. The molecule has 4 heterocycles. The number of nitrogens with zero attached hydrogens (tertiary/aromatic N) is 4. The Morgan fingerprint density at radius 2 is 1.83 bits per heavy atom. The van der Waals surface area contributed by atoms with Crippen LogP contribution in [0.5, 0.6) is 0 Å². The number of carbonyl (C=O) groups excluding carboxylic acids is 2. The van der Waals surface area contributed by atoms with E-state index in [-0.39, 0.29) is 24.8 Å². The van der Waals surface area contributed by atoms with Crippen LogP contribution in [0.15, 0.2) is 6.07 Å². The van der Waals surface area contributed by atoms with E-state index in [1.807, 2.05) is 11.8 Å². The molecule has 0 aliphatic carbocycles. The van der Waals surface area contributed by atoms with Crippen LogP contribution in [0.3, 0.4) is 0 Å². The predicted molar refractivity (Wildman–Crippen MR) is 139 cm³/mol. The first-order chi connectivity index (χ1) is 17.3. The van der Waals surface area contributed by atoms with Gasteiger partial charge in [0.2, 0.25) is 11.8 Å². The van der Waals surface area contributed by atoms with Crippen molar-refractivity contribution in [1.82, 2.24) is 25.1 Å². The van der Waals surface area contributed by atoms with Gasteiger partial charge in [-0.1, -0.05) is 11.3 Å². The molecular formula is C24H30F2N6O2S2. The number of hydrogen-bond acceptors (Lipinski definition) is 8. The van der Waals surface area contributed by atoms with Crippen molar-refractivity contribution in [2.24, 2.45) is 0 Å². The third-order valence-corrected chi connectivity index (χ3v) is 8.73. The molecule has 8 nitrogen and oxygen atoms in total. The van der Waals surface area contributed by atoms with Gasteiger partial charge in [-0.15, -0.1) is 11.3 Å². The Labute approximate surface area is 216 Å². The van der Waals surface area contributed by atoms with Crippen LogP contribution in [0, 0.1) is 6.92 Å². The molecular weight excluding hydrogens is 506 g/mol. The van der Waals surface area contributed by atoms with Gasteiger partial charge < -0.3 is 20.4 Å². The number of thiazole rings is 2. The van der Waals surface area contributed by atoms with Crippen molar-refractivity contribution in [3.63, 3.8) is 0 Å². The van der Waals surface area contributed by atoms with Gasteiger partial charge in [-0.25, -0.2) is 18.7 Å². The fraction of sp³-hybridized carbons (Fsp3) is 0.583. The van der Waals surface area contributed by atoms with E-state index >= 15 is 0 Å². The van der Waals surface area contributed by atoms with Crippen molar-refractivity contribution in [2.45, 2.75) is 45.0 Å². The summed E-state index contributed by atoms with van der Waals surface area (Å²) in [5.74, 6) is -2.98. The zero-order valence-corrected chi connectivity index (χ0v) is 21.9. The molecule has 2 aromatic heterocycles.